The van der Waals surface area contributed by atoms with Crippen molar-refractivity contribution < 1.29 is 13.9 Å². The third-order valence-electron chi connectivity index (χ3n) is 2.87. The van der Waals surface area contributed by atoms with Gasteiger partial charge in [0.2, 0.25) is 0 Å². The molecule has 1 heterocycles. The number of para-hydroxylation sites is 2. The van der Waals surface area contributed by atoms with Crippen molar-refractivity contribution in [2.24, 2.45) is 0 Å². The standard InChI is InChI=1S/C15H18N2O3/c1-11-7-9-20-14(11)15(18)17-13-6-4-3-5-12(13)16-8-10-19-2/h3-7,9,16H,8,10H2,1-2H3,(H,17,18). The van der Waals surface area contributed by atoms with Crippen LogP contribution in [0.3, 0.4) is 0 Å². The molecule has 0 atom stereocenters. The molecule has 0 aliphatic carbocycles. The van der Waals surface area contributed by atoms with E-state index in [0.29, 0.717) is 24.6 Å². The van der Waals surface area contributed by atoms with Gasteiger partial charge in [-0.3, -0.25) is 4.79 Å². The lowest BCUT2D eigenvalue weighted by Crippen LogP contribution is -2.15. The quantitative estimate of drug-likeness (QED) is 0.795. The maximum atomic E-state index is 12.1. The predicted octanol–water partition coefficient (Wildman–Crippen LogP) is 2.90. The lowest BCUT2D eigenvalue weighted by atomic mass is 10.2. The second-order valence-corrected chi connectivity index (χ2v) is 4.35. The number of carbonyl (C=O) groups is 1. The molecule has 2 rings (SSSR count). The summed E-state index contributed by atoms with van der Waals surface area (Å²) in [7, 11) is 1.65. The van der Waals surface area contributed by atoms with Crippen LogP contribution in [0.25, 0.3) is 0 Å². The Hall–Kier alpha value is -2.27. The second kappa shape index (κ2) is 6.77. The Morgan fingerprint density at radius 2 is 2.00 bits per heavy atom. The smallest absolute Gasteiger partial charge is 0.291 e. The van der Waals surface area contributed by atoms with Gasteiger partial charge in [-0.25, -0.2) is 0 Å². The molecule has 0 fully saturated rings. The summed E-state index contributed by atoms with van der Waals surface area (Å²) >= 11 is 0. The van der Waals surface area contributed by atoms with E-state index in [-0.39, 0.29) is 5.91 Å². The molecule has 0 radical (unpaired) electrons. The van der Waals surface area contributed by atoms with E-state index in [0.717, 1.165) is 11.3 Å². The van der Waals surface area contributed by atoms with E-state index in [4.69, 9.17) is 9.15 Å². The van der Waals surface area contributed by atoms with Gasteiger partial charge in [0.05, 0.1) is 24.2 Å². The highest BCUT2D eigenvalue weighted by Gasteiger charge is 2.14. The third-order valence-corrected chi connectivity index (χ3v) is 2.87. The summed E-state index contributed by atoms with van der Waals surface area (Å²) in [6.45, 7) is 3.10. The first-order chi connectivity index (χ1) is 9.72. The first-order valence-electron chi connectivity index (χ1n) is 6.39. The number of benzene rings is 1. The minimum atomic E-state index is -0.256. The molecule has 0 aliphatic heterocycles. The van der Waals surface area contributed by atoms with E-state index >= 15 is 0 Å². The lowest BCUT2D eigenvalue weighted by molar-refractivity contribution is 0.0996. The van der Waals surface area contributed by atoms with Gasteiger partial charge in [-0.1, -0.05) is 12.1 Å². The molecular weight excluding hydrogens is 256 g/mol. The van der Waals surface area contributed by atoms with E-state index < -0.39 is 0 Å². The van der Waals surface area contributed by atoms with Crippen LogP contribution >= 0.6 is 0 Å². The minimum Gasteiger partial charge on any atom is -0.459 e. The zero-order valence-electron chi connectivity index (χ0n) is 11.6. The Labute approximate surface area is 117 Å². The Morgan fingerprint density at radius 3 is 2.65 bits per heavy atom. The summed E-state index contributed by atoms with van der Waals surface area (Å²) in [5.74, 6) is 0.0742. The van der Waals surface area contributed by atoms with Crippen LogP contribution in [0.5, 0.6) is 0 Å². The molecule has 20 heavy (non-hydrogen) atoms. The van der Waals surface area contributed by atoms with Crippen molar-refractivity contribution in [1.82, 2.24) is 0 Å². The molecule has 5 nitrogen and oxygen atoms in total. The molecule has 106 valence electrons. The van der Waals surface area contributed by atoms with Gasteiger partial charge in [-0.15, -0.1) is 0 Å². The molecule has 0 saturated heterocycles. The fourth-order valence-corrected chi connectivity index (χ4v) is 1.82. The van der Waals surface area contributed by atoms with Crippen LogP contribution in [-0.2, 0) is 4.74 Å². The van der Waals surface area contributed by atoms with E-state index in [2.05, 4.69) is 10.6 Å². The normalized spacial score (nSPS) is 10.3. The molecule has 0 unspecified atom stereocenters. The molecule has 2 N–H and O–H groups in total. The van der Waals surface area contributed by atoms with Gasteiger partial charge in [-0.05, 0) is 25.1 Å². The number of carbonyl (C=O) groups excluding carboxylic acids is 1. The molecule has 0 spiro atoms. The molecule has 2 aromatic rings. The number of hydrogen-bond acceptors (Lipinski definition) is 4. The van der Waals surface area contributed by atoms with Crippen LogP contribution in [0.15, 0.2) is 41.0 Å². The maximum absolute atomic E-state index is 12.1. The molecule has 1 aromatic carbocycles. The topological polar surface area (TPSA) is 63.5 Å². The fourth-order valence-electron chi connectivity index (χ4n) is 1.82. The number of aryl methyl sites for hydroxylation is 1. The van der Waals surface area contributed by atoms with Gasteiger partial charge >= 0.3 is 0 Å². The number of hydrogen-bond donors (Lipinski definition) is 2. The highest BCUT2D eigenvalue weighted by Crippen LogP contribution is 2.22. The largest absolute Gasteiger partial charge is 0.459 e. The lowest BCUT2D eigenvalue weighted by Gasteiger charge is -2.12. The summed E-state index contributed by atoms with van der Waals surface area (Å²) in [5, 5.41) is 6.05. The van der Waals surface area contributed by atoms with Gasteiger partial charge in [0.1, 0.15) is 0 Å². The highest BCUT2D eigenvalue weighted by atomic mass is 16.5. The van der Waals surface area contributed by atoms with Gasteiger partial charge in [-0.2, -0.15) is 0 Å². The van der Waals surface area contributed by atoms with Crippen LogP contribution < -0.4 is 10.6 Å². The zero-order valence-corrected chi connectivity index (χ0v) is 11.6. The number of rotatable bonds is 6. The molecule has 1 aromatic heterocycles. The number of furan rings is 1. The Kier molecular flexibility index (Phi) is 4.79. The molecule has 1 amide bonds. The van der Waals surface area contributed by atoms with Crippen molar-refractivity contribution >= 4 is 17.3 Å². The van der Waals surface area contributed by atoms with Crippen LogP contribution in [-0.4, -0.2) is 26.2 Å². The summed E-state index contributed by atoms with van der Waals surface area (Å²) in [6.07, 6.45) is 1.51. The Bertz CT molecular complexity index is 578. The van der Waals surface area contributed by atoms with Crippen molar-refractivity contribution in [3.05, 3.63) is 47.9 Å². The first kappa shape index (κ1) is 14.1. The summed E-state index contributed by atoms with van der Waals surface area (Å²) in [4.78, 5) is 12.1. The predicted molar refractivity (Wildman–Crippen MR) is 78.2 cm³/mol. The van der Waals surface area contributed by atoms with Crippen molar-refractivity contribution in [2.75, 3.05) is 30.9 Å². The van der Waals surface area contributed by atoms with Gasteiger partial charge in [0, 0.05) is 19.2 Å². The van der Waals surface area contributed by atoms with Crippen LogP contribution in [0.2, 0.25) is 0 Å². The number of methoxy groups -OCH3 is 1. The van der Waals surface area contributed by atoms with Gasteiger partial charge in [0.15, 0.2) is 5.76 Å². The monoisotopic (exact) mass is 274 g/mol. The highest BCUT2D eigenvalue weighted by molar-refractivity contribution is 6.04. The number of ether oxygens (including phenoxy) is 1. The number of amides is 1. The van der Waals surface area contributed by atoms with Crippen molar-refractivity contribution in [3.63, 3.8) is 0 Å². The average molecular weight is 274 g/mol. The summed E-state index contributed by atoms with van der Waals surface area (Å²) in [6, 6.07) is 9.28. The molecule has 5 heteroatoms. The van der Waals surface area contributed by atoms with Gasteiger partial charge < -0.3 is 19.8 Å². The molecule has 0 saturated carbocycles. The Morgan fingerprint density at radius 1 is 1.25 bits per heavy atom. The van der Waals surface area contributed by atoms with E-state index in [1.54, 1.807) is 13.2 Å². The average Bonchev–Trinajstić information content (AvgIpc) is 2.87. The summed E-state index contributed by atoms with van der Waals surface area (Å²) in [5.41, 5.74) is 2.37. The van der Waals surface area contributed by atoms with Crippen molar-refractivity contribution in [2.45, 2.75) is 6.92 Å². The number of anilines is 2. The van der Waals surface area contributed by atoms with E-state index in [1.165, 1.54) is 6.26 Å². The Balaban J connectivity index is 2.09. The van der Waals surface area contributed by atoms with Crippen LogP contribution in [0.1, 0.15) is 16.1 Å². The molecule has 0 bridgehead atoms. The minimum absolute atomic E-state index is 0.256. The van der Waals surface area contributed by atoms with E-state index in [1.807, 2.05) is 31.2 Å². The number of nitrogens with one attached hydrogen (secondary N) is 2. The fraction of sp³-hybridized carbons (Fsp3) is 0.267. The van der Waals surface area contributed by atoms with Crippen LogP contribution in [0, 0.1) is 6.92 Å². The molecular formula is C15H18N2O3. The van der Waals surface area contributed by atoms with E-state index in [9.17, 15) is 4.79 Å². The van der Waals surface area contributed by atoms with Crippen LogP contribution in [0.4, 0.5) is 11.4 Å². The SMILES string of the molecule is COCCNc1ccccc1NC(=O)c1occc1C. The zero-order chi connectivity index (χ0) is 14.4. The second-order valence-electron chi connectivity index (χ2n) is 4.35. The maximum Gasteiger partial charge on any atom is 0.291 e. The van der Waals surface area contributed by atoms with Crippen molar-refractivity contribution in [3.8, 4) is 0 Å². The third kappa shape index (κ3) is 3.39. The van der Waals surface area contributed by atoms with Crippen molar-refractivity contribution in [1.29, 1.82) is 0 Å². The summed E-state index contributed by atoms with van der Waals surface area (Å²) < 4.78 is 10.2. The first-order valence-corrected chi connectivity index (χ1v) is 6.39. The molecule has 0 aliphatic rings. The van der Waals surface area contributed by atoms with Gasteiger partial charge in [0.25, 0.3) is 5.91 Å².